The highest BCUT2D eigenvalue weighted by molar-refractivity contribution is 6.13. The molecule has 0 saturated carbocycles. The minimum atomic E-state index is -0.224. The van der Waals surface area contributed by atoms with Gasteiger partial charge in [0.05, 0.1) is 5.41 Å². The number of ketones is 2. The zero-order valence-electron chi connectivity index (χ0n) is 13.7. The molecule has 0 radical (unpaired) electrons. The van der Waals surface area contributed by atoms with Crippen LogP contribution in [0, 0.1) is 0 Å². The molecule has 1 aliphatic carbocycles. The lowest BCUT2D eigenvalue weighted by Gasteiger charge is -2.42. The van der Waals surface area contributed by atoms with Crippen LogP contribution in [0.5, 0.6) is 0 Å². The van der Waals surface area contributed by atoms with Gasteiger partial charge in [-0.05, 0) is 44.6 Å². The van der Waals surface area contributed by atoms with E-state index >= 15 is 0 Å². The van der Waals surface area contributed by atoms with E-state index in [1.54, 1.807) is 6.92 Å². The Bertz CT molecular complexity index is 571. The van der Waals surface area contributed by atoms with E-state index in [4.69, 9.17) is 0 Å². The minimum Gasteiger partial charge on any atom is -0.300 e. The maximum Gasteiger partial charge on any atom is 0.173 e. The number of rotatable bonds is 9. The van der Waals surface area contributed by atoms with Crippen molar-refractivity contribution in [1.82, 2.24) is 0 Å². The number of unbranched alkanes of at least 4 members (excludes halogenated alkanes) is 1. The first-order chi connectivity index (χ1) is 10.6. The van der Waals surface area contributed by atoms with Crippen molar-refractivity contribution in [2.45, 2.75) is 64.2 Å². The van der Waals surface area contributed by atoms with Gasteiger partial charge in [0.15, 0.2) is 5.78 Å². The van der Waals surface area contributed by atoms with Gasteiger partial charge in [0.2, 0.25) is 0 Å². The van der Waals surface area contributed by atoms with E-state index < -0.39 is 0 Å². The monoisotopic (exact) mass is 298 g/mol. The molecule has 0 N–H and O–H groups in total. The molecule has 2 heteroatoms. The summed E-state index contributed by atoms with van der Waals surface area (Å²) in [6, 6.07) is 8.06. The van der Waals surface area contributed by atoms with Crippen LogP contribution in [0.2, 0.25) is 0 Å². The maximum absolute atomic E-state index is 12.6. The van der Waals surface area contributed by atoms with Crippen LogP contribution in [0.1, 0.15) is 74.7 Å². The van der Waals surface area contributed by atoms with Crippen LogP contribution in [-0.2, 0) is 10.2 Å². The number of fused-ring (bicyclic) bond motifs is 1. The van der Waals surface area contributed by atoms with Crippen LogP contribution in [0.25, 0.3) is 0 Å². The van der Waals surface area contributed by atoms with Crippen LogP contribution < -0.4 is 0 Å². The minimum absolute atomic E-state index is 0.224. The number of carbonyl (C=O) groups is 2. The molecule has 0 aromatic heterocycles. The number of Topliss-reactive ketones (excluding diaryl/α,β-unsaturated/α-hetero) is 2. The van der Waals surface area contributed by atoms with Crippen molar-refractivity contribution in [3.63, 3.8) is 0 Å². The Kier molecular flexibility index (Phi) is 5.70. The summed E-state index contributed by atoms with van der Waals surface area (Å²) >= 11 is 0. The second-order valence-corrected chi connectivity index (χ2v) is 6.31. The number of allylic oxidation sites excluding steroid dienone is 2. The van der Waals surface area contributed by atoms with Crippen molar-refractivity contribution in [2.75, 3.05) is 0 Å². The molecule has 1 aromatic carbocycles. The lowest BCUT2D eigenvalue weighted by molar-refractivity contribution is -0.116. The first-order valence-corrected chi connectivity index (χ1v) is 8.40. The molecule has 22 heavy (non-hydrogen) atoms. The Morgan fingerprint density at radius 3 is 2.59 bits per heavy atom. The van der Waals surface area contributed by atoms with Gasteiger partial charge < -0.3 is 4.79 Å². The van der Waals surface area contributed by atoms with Crippen molar-refractivity contribution in [3.05, 3.63) is 47.5 Å². The van der Waals surface area contributed by atoms with Crippen molar-refractivity contribution in [2.24, 2.45) is 0 Å². The lowest BCUT2D eigenvalue weighted by atomic mass is 9.58. The van der Waals surface area contributed by atoms with Crippen LogP contribution >= 0.6 is 0 Å². The third kappa shape index (κ3) is 3.37. The normalized spacial score (nSPS) is 20.0. The van der Waals surface area contributed by atoms with Gasteiger partial charge in [-0.3, -0.25) is 4.79 Å². The highest BCUT2D eigenvalue weighted by Crippen LogP contribution is 2.47. The van der Waals surface area contributed by atoms with E-state index in [-0.39, 0.29) is 11.2 Å². The summed E-state index contributed by atoms with van der Waals surface area (Å²) in [4.78, 5) is 23.4. The summed E-state index contributed by atoms with van der Waals surface area (Å²) in [7, 11) is 0. The third-order valence-electron chi connectivity index (χ3n) is 4.60. The fourth-order valence-electron chi connectivity index (χ4n) is 3.51. The Labute approximate surface area is 133 Å². The van der Waals surface area contributed by atoms with Gasteiger partial charge in [-0.25, -0.2) is 0 Å². The standard InChI is InChI=1S/C20H26O2/c1-3-14-20(15-10-6-4-5-7-11-16(2)21)18-13-9-8-12-17(18)19(20)22/h4-5,8-9,12-13H,3,6-7,10-11,14-15H2,1-2H3/b5-4+. The maximum atomic E-state index is 12.6. The number of hydrogen-bond donors (Lipinski definition) is 0. The molecule has 0 bridgehead atoms. The third-order valence-corrected chi connectivity index (χ3v) is 4.60. The SMILES string of the molecule is CCCC1(CCC/C=C/CCC(C)=O)C(=O)c2ccccc21. The van der Waals surface area contributed by atoms with E-state index in [0.29, 0.717) is 12.2 Å². The second kappa shape index (κ2) is 7.53. The molecule has 118 valence electrons. The van der Waals surface area contributed by atoms with Crippen molar-refractivity contribution < 1.29 is 9.59 Å². The Hall–Kier alpha value is -1.70. The average Bonchev–Trinajstić information content (AvgIpc) is 2.52. The fraction of sp³-hybridized carbons (Fsp3) is 0.500. The van der Waals surface area contributed by atoms with Crippen molar-refractivity contribution in [1.29, 1.82) is 0 Å². The van der Waals surface area contributed by atoms with E-state index in [0.717, 1.165) is 44.1 Å². The van der Waals surface area contributed by atoms with E-state index in [2.05, 4.69) is 25.1 Å². The molecule has 0 aliphatic heterocycles. The molecule has 2 rings (SSSR count). The van der Waals surface area contributed by atoms with Gasteiger partial charge in [0.25, 0.3) is 0 Å². The van der Waals surface area contributed by atoms with E-state index in [1.807, 2.05) is 18.2 Å². The van der Waals surface area contributed by atoms with Gasteiger partial charge >= 0.3 is 0 Å². The molecule has 0 amide bonds. The van der Waals surface area contributed by atoms with E-state index in [9.17, 15) is 9.59 Å². The van der Waals surface area contributed by atoms with Crippen LogP contribution in [-0.4, -0.2) is 11.6 Å². The smallest absolute Gasteiger partial charge is 0.173 e. The average molecular weight is 298 g/mol. The van der Waals surface area contributed by atoms with Crippen LogP contribution in [0.4, 0.5) is 0 Å². The Balaban J connectivity index is 1.89. The molecular formula is C20H26O2. The topological polar surface area (TPSA) is 34.1 Å². The molecule has 0 saturated heterocycles. The Morgan fingerprint density at radius 2 is 1.86 bits per heavy atom. The summed E-state index contributed by atoms with van der Waals surface area (Å²) in [6.45, 7) is 3.78. The first-order valence-electron chi connectivity index (χ1n) is 8.40. The summed E-state index contributed by atoms with van der Waals surface area (Å²) in [5, 5.41) is 0. The number of benzene rings is 1. The summed E-state index contributed by atoms with van der Waals surface area (Å²) in [5.41, 5.74) is 1.95. The lowest BCUT2D eigenvalue weighted by Crippen LogP contribution is -2.46. The Morgan fingerprint density at radius 1 is 1.14 bits per heavy atom. The molecule has 1 unspecified atom stereocenters. The molecule has 0 spiro atoms. The molecule has 1 aliphatic rings. The van der Waals surface area contributed by atoms with Crippen LogP contribution in [0.15, 0.2) is 36.4 Å². The zero-order chi connectivity index (χ0) is 16.0. The molecule has 2 nitrogen and oxygen atoms in total. The van der Waals surface area contributed by atoms with Gasteiger partial charge in [-0.2, -0.15) is 0 Å². The van der Waals surface area contributed by atoms with Crippen molar-refractivity contribution in [3.8, 4) is 0 Å². The van der Waals surface area contributed by atoms with Crippen molar-refractivity contribution >= 4 is 11.6 Å². The molecular weight excluding hydrogens is 272 g/mol. The predicted octanol–water partition coefficient (Wildman–Crippen LogP) is 5.02. The summed E-state index contributed by atoms with van der Waals surface area (Å²) < 4.78 is 0. The summed E-state index contributed by atoms with van der Waals surface area (Å²) in [5.74, 6) is 0.578. The number of carbonyl (C=O) groups excluding carboxylic acids is 2. The number of hydrogen-bond acceptors (Lipinski definition) is 2. The van der Waals surface area contributed by atoms with Crippen LogP contribution in [0.3, 0.4) is 0 Å². The summed E-state index contributed by atoms with van der Waals surface area (Å²) in [6.07, 6.45) is 10.6. The zero-order valence-corrected chi connectivity index (χ0v) is 13.7. The molecule has 1 aromatic rings. The van der Waals surface area contributed by atoms with Gasteiger partial charge in [0.1, 0.15) is 5.78 Å². The van der Waals surface area contributed by atoms with E-state index in [1.165, 1.54) is 5.56 Å². The predicted molar refractivity (Wildman–Crippen MR) is 90.3 cm³/mol. The van der Waals surface area contributed by atoms with Gasteiger partial charge in [-0.1, -0.05) is 49.8 Å². The van der Waals surface area contributed by atoms with Gasteiger partial charge in [0, 0.05) is 12.0 Å². The first kappa shape index (κ1) is 16.7. The highest BCUT2D eigenvalue weighted by atomic mass is 16.1. The molecule has 0 fully saturated rings. The quantitative estimate of drug-likeness (QED) is 0.474. The highest BCUT2D eigenvalue weighted by Gasteiger charge is 2.49. The molecule has 0 heterocycles. The fourth-order valence-corrected chi connectivity index (χ4v) is 3.51. The van der Waals surface area contributed by atoms with Gasteiger partial charge in [-0.15, -0.1) is 0 Å². The molecule has 1 atom stereocenters. The largest absolute Gasteiger partial charge is 0.300 e. The second-order valence-electron chi connectivity index (χ2n) is 6.31.